The summed E-state index contributed by atoms with van der Waals surface area (Å²) in [6, 6.07) is 0. The molecule has 0 aliphatic carbocycles. The number of ketones is 1. The van der Waals surface area contributed by atoms with Gasteiger partial charge in [-0.15, -0.1) is 11.3 Å². The maximum absolute atomic E-state index is 11.5. The number of aromatic nitrogens is 1. The zero-order valence-electron chi connectivity index (χ0n) is 8.33. The Morgan fingerprint density at radius 1 is 1.69 bits per heavy atom. The van der Waals surface area contributed by atoms with E-state index in [0.717, 1.165) is 17.1 Å². The maximum Gasteiger partial charge on any atom is 0.141 e. The molecular formula is C10H15NOS. The zero-order valence-corrected chi connectivity index (χ0v) is 9.15. The van der Waals surface area contributed by atoms with E-state index in [-0.39, 0.29) is 5.92 Å². The van der Waals surface area contributed by atoms with E-state index < -0.39 is 0 Å². The van der Waals surface area contributed by atoms with Crippen LogP contribution in [0.25, 0.3) is 0 Å². The summed E-state index contributed by atoms with van der Waals surface area (Å²) in [5, 5.41) is 3.00. The molecule has 0 saturated heterocycles. The molecule has 0 saturated carbocycles. The molecular weight excluding hydrogens is 182 g/mol. The van der Waals surface area contributed by atoms with Crippen molar-refractivity contribution in [2.75, 3.05) is 0 Å². The summed E-state index contributed by atoms with van der Waals surface area (Å²) in [5.74, 6) is 0.467. The largest absolute Gasteiger partial charge is 0.299 e. The van der Waals surface area contributed by atoms with E-state index in [2.05, 4.69) is 4.98 Å². The number of carbonyl (C=O) groups excluding carboxylic acids is 1. The van der Waals surface area contributed by atoms with Gasteiger partial charge in [-0.2, -0.15) is 0 Å². The Balaban J connectivity index is 2.54. The minimum atomic E-state index is 0.169. The Kier molecular flexibility index (Phi) is 3.60. The Morgan fingerprint density at radius 3 is 2.85 bits per heavy atom. The summed E-state index contributed by atoms with van der Waals surface area (Å²) >= 11 is 1.60. The smallest absolute Gasteiger partial charge is 0.141 e. The summed E-state index contributed by atoms with van der Waals surface area (Å²) in [4.78, 5) is 15.8. The molecule has 2 nitrogen and oxygen atoms in total. The van der Waals surface area contributed by atoms with Crippen molar-refractivity contribution in [1.82, 2.24) is 4.98 Å². The van der Waals surface area contributed by atoms with Crippen LogP contribution in [0.4, 0.5) is 0 Å². The SMILES string of the molecule is CCC(C)C(=O)Cc1csc(C)n1. The number of carbonyl (C=O) groups is 1. The van der Waals surface area contributed by atoms with Crippen LogP contribution in [0, 0.1) is 12.8 Å². The normalized spacial score (nSPS) is 12.8. The number of thiazole rings is 1. The van der Waals surface area contributed by atoms with Gasteiger partial charge in [-0.1, -0.05) is 13.8 Å². The third kappa shape index (κ3) is 2.92. The van der Waals surface area contributed by atoms with Crippen molar-refractivity contribution < 1.29 is 4.79 Å². The number of hydrogen-bond donors (Lipinski definition) is 0. The van der Waals surface area contributed by atoms with Crippen molar-refractivity contribution in [3.63, 3.8) is 0 Å². The fourth-order valence-corrected chi connectivity index (χ4v) is 1.68. The van der Waals surface area contributed by atoms with Crippen LogP contribution < -0.4 is 0 Å². The molecule has 0 amide bonds. The van der Waals surface area contributed by atoms with Crippen LogP contribution in [0.1, 0.15) is 31.0 Å². The van der Waals surface area contributed by atoms with Gasteiger partial charge in [0.1, 0.15) is 5.78 Å². The van der Waals surface area contributed by atoms with Gasteiger partial charge in [-0.05, 0) is 13.3 Å². The lowest BCUT2D eigenvalue weighted by Crippen LogP contribution is -2.12. The van der Waals surface area contributed by atoms with E-state index in [9.17, 15) is 4.79 Å². The molecule has 3 heteroatoms. The van der Waals surface area contributed by atoms with Gasteiger partial charge in [0.2, 0.25) is 0 Å². The number of aryl methyl sites for hydroxylation is 1. The molecule has 1 aromatic heterocycles. The minimum Gasteiger partial charge on any atom is -0.299 e. The fourth-order valence-electron chi connectivity index (χ4n) is 1.07. The molecule has 0 fully saturated rings. The molecule has 0 aliphatic rings. The highest BCUT2D eigenvalue weighted by Gasteiger charge is 2.12. The Morgan fingerprint density at radius 2 is 2.38 bits per heavy atom. The minimum absolute atomic E-state index is 0.169. The topological polar surface area (TPSA) is 30.0 Å². The summed E-state index contributed by atoms with van der Waals surface area (Å²) < 4.78 is 0. The van der Waals surface area contributed by atoms with E-state index >= 15 is 0 Å². The highest BCUT2D eigenvalue weighted by Crippen LogP contribution is 2.12. The molecule has 72 valence electrons. The second-order valence-corrected chi connectivity index (χ2v) is 4.37. The summed E-state index contributed by atoms with van der Waals surface area (Å²) in [5.41, 5.74) is 0.924. The van der Waals surface area contributed by atoms with E-state index in [0.29, 0.717) is 12.2 Å². The molecule has 0 radical (unpaired) electrons. The molecule has 13 heavy (non-hydrogen) atoms. The van der Waals surface area contributed by atoms with Gasteiger partial charge in [0.25, 0.3) is 0 Å². The molecule has 1 atom stereocenters. The van der Waals surface area contributed by atoms with Crippen LogP contribution >= 0.6 is 11.3 Å². The number of Topliss-reactive ketones (excluding diaryl/α,β-unsaturated/α-hetero) is 1. The molecule has 1 heterocycles. The van der Waals surface area contributed by atoms with E-state index in [1.165, 1.54) is 0 Å². The first-order valence-electron chi connectivity index (χ1n) is 4.57. The third-order valence-corrected chi connectivity index (χ3v) is 3.01. The molecule has 0 N–H and O–H groups in total. The molecule has 0 spiro atoms. The van der Waals surface area contributed by atoms with Crippen molar-refractivity contribution in [2.45, 2.75) is 33.6 Å². The number of rotatable bonds is 4. The van der Waals surface area contributed by atoms with E-state index in [4.69, 9.17) is 0 Å². The predicted octanol–water partition coefficient (Wildman–Crippen LogP) is 2.61. The van der Waals surface area contributed by atoms with Gasteiger partial charge < -0.3 is 0 Å². The maximum atomic E-state index is 11.5. The van der Waals surface area contributed by atoms with E-state index in [1.807, 2.05) is 26.2 Å². The standard InChI is InChI=1S/C10H15NOS/c1-4-7(2)10(12)5-9-6-13-8(3)11-9/h6-7H,4-5H2,1-3H3. The van der Waals surface area contributed by atoms with Crippen molar-refractivity contribution in [2.24, 2.45) is 5.92 Å². The van der Waals surface area contributed by atoms with Gasteiger partial charge >= 0.3 is 0 Å². The Labute approximate surface area is 83.0 Å². The second-order valence-electron chi connectivity index (χ2n) is 3.31. The first kappa shape index (κ1) is 10.4. The quantitative estimate of drug-likeness (QED) is 0.742. The van der Waals surface area contributed by atoms with Gasteiger partial charge in [0, 0.05) is 17.7 Å². The molecule has 0 aromatic carbocycles. The van der Waals surface area contributed by atoms with Crippen LogP contribution in [0.5, 0.6) is 0 Å². The molecule has 0 aliphatic heterocycles. The first-order chi connectivity index (χ1) is 6.13. The first-order valence-corrected chi connectivity index (χ1v) is 5.45. The van der Waals surface area contributed by atoms with Gasteiger partial charge in [0.05, 0.1) is 10.7 Å². The highest BCUT2D eigenvalue weighted by molar-refractivity contribution is 7.09. The average Bonchev–Trinajstić information content (AvgIpc) is 2.49. The van der Waals surface area contributed by atoms with Crippen LogP contribution in [-0.4, -0.2) is 10.8 Å². The van der Waals surface area contributed by atoms with Crippen molar-refractivity contribution in [1.29, 1.82) is 0 Å². The lowest BCUT2D eigenvalue weighted by molar-refractivity contribution is -0.121. The lowest BCUT2D eigenvalue weighted by Gasteiger charge is -2.04. The summed E-state index contributed by atoms with van der Waals surface area (Å²) in [6.07, 6.45) is 1.42. The van der Waals surface area contributed by atoms with E-state index in [1.54, 1.807) is 11.3 Å². The summed E-state index contributed by atoms with van der Waals surface area (Å²) in [7, 11) is 0. The predicted molar refractivity (Wildman–Crippen MR) is 55.0 cm³/mol. The van der Waals surface area contributed by atoms with Gasteiger partial charge in [0.15, 0.2) is 0 Å². The number of nitrogens with zero attached hydrogens (tertiary/aromatic N) is 1. The monoisotopic (exact) mass is 197 g/mol. The van der Waals surface area contributed by atoms with Crippen LogP contribution in [-0.2, 0) is 11.2 Å². The Hall–Kier alpha value is -0.700. The van der Waals surface area contributed by atoms with Gasteiger partial charge in [-0.25, -0.2) is 4.98 Å². The van der Waals surface area contributed by atoms with Gasteiger partial charge in [-0.3, -0.25) is 4.79 Å². The van der Waals surface area contributed by atoms with Crippen molar-refractivity contribution in [3.05, 3.63) is 16.1 Å². The zero-order chi connectivity index (χ0) is 9.84. The van der Waals surface area contributed by atoms with Crippen molar-refractivity contribution >= 4 is 17.1 Å². The van der Waals surface area contributed by atoms with Crippen LogP contribution in [0.3, 0.4) is 0 Å². The van der Waals surface area contributed by atoms with Crippen molar-refractivity contribution in [3.8, 4) is 0 Å². The average molecular weight is 197 g/mol. The number of hydrogen-bond acceptors (Lipinski definition) is 3. The fraction of sp³-hybridized carbons (Fsp3) is 0.600. The molecule has 1 aromatic rings. The molecule has 1 unspecified atom stereocenters. The lowest BCUT2D eigenvalue weighted by atomic mass is 10.0. The molecule has 1 rings (SSSR count). The highest BCUT2D eigenvalue weighted by atomic mass is 32.1. The third-order valence-electron chi connectivity index (χ3n) is 2.18. The molecule has 0 bridgehead atoms. The second kappa shape index (κ2) is 4.51. The Bertz CT molecular complexity index is 293. The van der Waals surface area contributed by atoms with Crippen LogP contribution in [0.2, 0.25) is 0 Å². The van der Waals surface area contributed by atoms with Crippen LogP contribution in [0.15, 0.2) is 5.38 Å². The summed E-state index contributed by atoms with van der Waals surface area (Å²) in [6.45, 7) is 5.97.